The highest BCUT2D eigenvalue weighted by atomic mass is 32.1. The lowest BCUT2D eigenvalue weighted by Gasteiger charge is -2.15. The van der Waals surface area contributed by atoms with Crippen molar-refractivity contribution in [3.8, 4) is 11.1 Å². The number of thiophene rings is 1. The number of fused-ring (bicyclic) bond motifs is 3. The normalized spacial score (nSPS) is 13.7. The van der Waals surface area contributed by atoms with Crippen LogP contribution in [0.2, 0.25) is 0 Å². The standard InChI is InChI=1S/C20H19NO2S/c1-23-20(22)18-14(12-7-3-2-4-8-12)11-16-17(19(18)21)13-9-5-6-10-15(13)24-16/h2-4,7-8,11H,5-6,9-10,21H2,1H3. The van der Waals surface area contributed by atoms with E-state index < -0.39 is 0 Å². The number of nitrogen functional groups attached to an aromatic ring is 1. The monoisotopic (exact) mass is 337 g/mol. The third-order valence-corrected chi connectivity index (χ3v) is 6.00. The minimum Gasteiger partial charge on any atom is -0.465 e. The van der Waals surface area contributed by atoms with E-state index in [-0.39, 0.29) is 5.97 Å². The molecular formula is C20H19NO2S. The van der Waals surface area contributed by atoms with Gasteiger partial charge in [0.25, 0.3) is 0 Å². The Bertz CT molecular complexity index is 928. The van der Waals surface area contributed by atoms with Gasteiger partial charge in [-0.1, -0.05) is 30.3 Å². The summed E-state index contributed by atoms with van der Waals surface area (Å²) in [5.74, 6) is -0.371. The van der Waals surface area contributed by atoms with E-state index in [1.165, 1.54) is 35.1 Å². The number of hydrogen-bond acceptors (Lipinski definition) is 4. The van der Waals surface area contributed by atoms with Gasteiger partial charge >= 0.3 is 5.97 Å². The Morgan fingerprint density at radius 3 is 2.67 bits per heavy atom. The molecule has 0 atom stereocenters. The molecule has 0 spiro atoms. The molecule has 4 heteroatoms. The maximum Gasteiger partial charge on any atom is 0.340 e. The van der Waals surface area contributed by atoms with E-state index in [9.17, 15) is 4.79 Å². The predicted octanol–water partition coefficient (Wildman–Crippen LogP) is 4.82. The van der Waals surface area contributed by atoms with Gasteiger partial charge in [0.05, 0.1) is 18.4 Å². The third kappa shape index (κ3) is 2.29. The van der Waals surface area contributed by atoms with Gasteiger partial charge in [0.1, 0.15) is 0 Å². The Balaban J connectivity index is 2.06. The molecule has 0 unspecified atom stereocenters. The summed E-state index contributed by atoms with van der Waals surface area (Å²) < 4.78 is 6.21. The SMILES string of the molecule is COC(=O)c1c(-c2ccccc2)cc2sc3c(c2c1N)CCCC3. The van der Waals surface area contributed by atoms with Crippen LogP contribution in [0.3, 0.4) is 0 Å². The Labute approximate surface area is 145 Å². The highest BCUT2D eigenvalue weighted by molar-refractivity contribution is 7.19. The van der Waals surface area contributed by atoms with E-state index in [1.807, 2.05) is 41.7 Å². The van der Waals surface area contributed by atoms with Gasteiger partial charge in [0.2, 0.25) is 0 Å². The summed E-state index contributed by atoms with van der Waals surface area (Å²) in [6.45, 7) is 0. The number of methoxy groups -OCH3 is 1. The molecule has 0 bridgehead atoms. The quantitative estimate of drug-likeness (QED) is 0.539. The molecule has 3 nitrogen and oxygen atoms in total. The molecule has 3 aromatic rings. The Kier molecular flexibility index (Phi) is 3.77. The topological polar surface area (TPSA) is 52.3 Å². The second-order valence-corrected chi connectivity index (χ2v) is 7.29. The molecule has 122 valence electrons. The van der Waals surface area contributed by atoms with Crippen molar-refractivity contribution < 1.29 is 9.53 Å². The Morgan fingerprint density at radius 1 is 1.17 bits per heavy atom. The van der Waals surface area contributed by atoms with E-state index in [4.69, 9.17) is 10.5 Å². The van der Waals surface area contributed by atoms with Crippen molar-refractivity contribution in [2.75, 3.05) is 12.8 Å². The molecule has 1 aliphatic rings. The summed E-state index contributed by atoms with van der Waals surface area (Å²) in [4.78, 5) is 13.9. The zero-order valence-corrected chi connectivity index (χ0v) is 14.4. The summed E-state index contributed by atoms with van der Waals surface area (Å²) in [5, 5.41) is 1.06. The number of aryl methyl sites for hydroxylation is 2. The minimum atomic E-state index is -0.371. The highest BCUT2D eigenvalue weighted by Crippen LogP contribution is 2.44. The molecule has 1 aromatic heterocycles. The first-order valence-corrected chi connectivity index (χ1v) is 9.03. The van der Waals surface area contributed by atoms with Crippen LogP contribution in [-0.4, -0.2) is 13.1 Å². The van der Waals surface area contributed by atoms with Crippen LogP contribution in [0.5, 0.6) is 0 Å². The molecule has 2 N–H and O–H groups in total. The van der Waals surface area contributed by atoms with Crippen molar-refractivity contribution >= 4 is 33.1 Å². The second kappa shape index (κ2) is 5.95. The maximum atomic E-state index is 12.5. The number of rotatable bonds is 2. The van der Waals surface area contributed by atoms with Gasteiger partial charge in [-0.05, 0) is 48.4 Å². The molecule has 0 saturated carbocycles. The van der Waals surface area contributed by atoms with Crippen molar-refractivity contribution in [1.29, 1.82) is 0 Å². The first-order chi connectivity index (χ1) is 11.7. The van der Waals surface area contributed by atoms with Gasteiger partial charge in [-0.15, -0.1) is 11.3 Å². The van der Waals surface area contributed by atoms with Crippen LogP contribution in [0.25, 0.3) is 21.2 Å². The fraction of sp³-hybridized carbons (Fsp3) is 0.250. The second-order valence-electron chi connectivity index (χ2n) is 6.15. The molecule has 4 rings (SSSR count). The van der Waals surface area contributed by atoms with Gasteiger partial charge in [-0.25, -0.2) is 4.79 Å². The lowest BCUT2D eigenvalue weighted by Crippen LogP contribution is -2.09. The zero-order chi connectivity index (χ0) is 16.7. The van der Waals surface area contributed by atoms with Crippen molar-refractivity contribution in [3.63, 3.8) is 0 Å². The number of benzene rings is 2. The van der Waals surface area contributed by atoms with Gasteiger partial charge in [0, 0.05) is 15.0 Å². The van der Waals surface area contributed by atoms with Gasteiger partial charge in [0.15, 0.2) is 0 Å². The van der Waals surface area contributed by atoms with Crippen LogP contribution >= 0.6 is 11.3 Å². The van der Waals surface area contributed by atoms with Crippen LogP contribution < -0.4 is 5.73 Å². The summed E-state index contributed by atoms with van der Waals surface area (Å²) in [5.41, 5.74) is 10.7. The maximum absolute atomic E-state index is 12.5. The van der Waals surface area contributed by atoms with Crippen LogP contribution in [-0.2, 0) is 17.6 Å². The van der Waals surface area contributed by atoms with Gasteiger partial charge in [-0.3, -0.25) is 0 Å². The van der Waals surface area contributed by atoms with Crippen molar-refractivity contribution in [2.24, 2.45) is 0 Å². The van der Waals surface area contributed by atoms with Gasteiger partial charge < -0.3 is 10.5 Å². The molecule has 24 heavy (non-hydrogen) atoms. The van der Waals surface area contributed by atoms with E-state index >= 15 is 0 Å². The summed E-state index contributed by atoms with van der Waals surface area (Å²) >= 11 is 1.82. The van der Waals surface area contributed by atoms with E-state index in [0.29, 0.717) is 11.3 Å². The molecule has 2 aromatic carbocycles. The van der Waals surface area contributed by atoms with Crippen molar-refractivity contribution in [3.05, 3.63) is 52.4 Å². The Morgan fingerprint density at radius 2 is 1.92 bits per heavy atom. The average molecular weight is 337 g/mol. The number of carbonyl (C=O) groups excluding carboxylic acids is 1. The van der Waals surface area contributed by atoms with Crippen molar-refractivity contribution in [1.82, 2.24) is 0 Å². The largest absolute Gasteiger partial charge is 0.465 e. The summed E-state index contributed by atoms with van der Waals surface area (Å²) in [6, 6.07) is 12.0. The van der Waals surface area contributed by atoms with Gasteiger partial charge in [-0.2, -0.15) is 0 Å². The fourth-order valence-corrected chi connectivity index (χ4v) is 4.98. The Hall–Kier alpha value is -2.33. The zero-order valence-electron chi connectivity index (χ0n) is 13.6. The molecule has 1 aliphatic carbocycles. The smallest absolute Gasteiger partial charge is 0.340 e. The minimum absolute atomic E-state index is 0.371. The predicted molar refractivity (Wildman–Crippen MR) is 99.7 cm³/mol. The number of carbonyl (C=O) groups is 1. The fourth-order valence-electron chi connectivity index (χ4n) is 3.62. The molecule has 1 heterocycles. The van der Waals surface area contributed by atoms with Crippen LogP contribution in [0.15, 0.2) is 36.4 Å². The molecule has 0 saturated heterocycles. The molecular weight excluding hydrogens is 318 g/mol. The van der Waals surface area contributed by atoms with E-state index in [0.717, 1.165) is 29.4 Å². The summed E-state index contributed by atoms with van der Waals surface area (Å²) in [7, 11) is 1.41. The summed E-state index contributed by atoms with van der Waals surface area (Å²) in [6.07, 6.45) is 4.58. The van der Waals surface area contributed by atoms with E-state index in [1.54, 1.807) is 0 Å². The molecule has 0 fully saturated rings. The first-order valence-electron chi connectivity index (χ1n) is 8.21. The van der Waals surface area contributed by atoms with Crippen molar-refractivity contribution in [2.45, 2.75) is 25.7 Å². The lowest BCUT2D eigenvalue weighted by molar-refractivity contribution is 0.0603. The number of nitrogens with two attached hydrogens (primary N) is 1. The molecule has 0 radical (unpaired) electrons. The average Bonchev–Trinajstić information content (AvgIpc) is 3.00. The number of anilines is 1. The molecule has 0 aliphatic heterocycles. The number of hydrogen-bond donors (Lipinski definition) is 1. The van der Waals surface area contributed by atoms with E-state index in [2.05, 4.69) is 6.07 Å². The number of esters is 1. The van der Waals surface area contributed by atoms with Crippen LogP contribution in [0.1, 0.15) is 33.6 Å². The highest BCUT2D eigenvalue weighted by Gasteiger charge is 2.25. The van der Waals surface area contributed by atoms with Crippen LogP contribution in [0, 0.1) is 0 Å². The first kappa shape index (κ1) is 15.2. The molecule has 0 amide bonds. The number of ether oxygens (including phenoxy) is 1. The van der Waals surface area contributed by atoms with Crippen LogP contribution in [0.4, 0.5) is 5.69 Å². The third-order valence-electron chi connectivity index (χ3n) is 4.76. The lowest BCUT2D eigenvalue weighted by atomic mass is 9.91.